The Morgan fingerprint density at radius 2 is 2.29 bits per heavy atom. The van der Waals surface area contributed by atoms with Crippen LogP contribution in [-0.4, -0.2) is 80.4 Å². The lowest BCUT2D eigenvalue weighted by atomic mass is 10.2. The van der Waals surface area contributed by atoms with Gasteiger partial charge in [-0.3, -0.25) is 9.69 Å². The van der Waals surface area contributed by atoms with Gasteiger partial charge in [0.2, 0.25) is 5.91 Å². The van der Waals surface area contributed by atoms with Crippen molar-refractivity contribution in [1.82, 2.24) is 34.7 Å². The third-order valence-electron chi connectivity index (χ3n) is 4.73. The lowest BCUT2D eigenvalue weighted by molar-refractivity contribution is -0.117. The number of likely N-dealkylation sites (tertiary alicyclic amines) is 1. The first-order chi connectivity index (χ1) is 13.6. The van der Waals surface area contributed by atoms with Gasteiger partial charge in [0.25, 0.3) is 0 Å². The van der Waals surface area contributed by atoms with Gasteiger partial charge in [-0.15, -0.1) is 0 Å². The third-order valence-corrected chi connectivity index (χ3v) is 4.73. The second-order valence-corrected chi connectivity index (χ2v) is 6.96. The van der Waals surface area contributed by atoms with E-state index in [4.69, 9.17) is 4.52 Å². The smallest absolute Gasteiger partial charge is 0.239 e. The molecular formula is C18H22N8O2. The number of likely N-dealkylation sites (N-methyl/N-ethyl adjacent to an activating group) is 1. The van der Waals surface area contributed by atoms with Crippen LogP contribution in [0.25, 0.3) is 17.3 Å². The van der Waals surface area contributed by atoms with E-state index in [-0.39, 0.29) is 5.91 Å². The van der Waals surface area contributed by atoms with Crippen LogP contribution in [0.1, 0.15) is 6.42 Å². The zero-order valence-electron chi connectivity index (χ0n) is 15.8. The van der Waals surface area contributed by atoms with Gasteiger partial charge in [-0.05, 0) is 26.6 Å². The summed E-state index contributed by atoms with van der Waals surface area (Å²) >= 11 is 0. The molecule has 0 spiro atoms. The summed E-state index contributed by atoms with van der Waals surface area (Å²) in [5.74, 6) is 1.16. The number of anilines is 1. The molecule has 4 rings (SSSR count). The highest BCUT2D eigenvalue weighted by atomic mass is 16.5. The fourth-order valence-corrected chi connectivity index (χ4v) is 3.23. The Kier molecular flexibility index (Phi) is 5.13. The fraction of sp³-hybridized carbons (Fsp3) is 0.389. The lowest BCUT2D eigenvalue weighted by Crippen LogP contribution is -2.35. The highest BCUT2D eigenvalue weighted by Gasteiger charge is 2.25. The molecule has 1 unspecified atom stereocenters. The summed E-state index contributed by atoms with van der Waals surface area (Å²) in [6.45, 7) is 2.11. The quantitative estimate of drug-likeness (QED) is 0.670. The van der Waals surface area contributed by atoms with Crippen LogP contribution in [0.5, 0.6) is 0 Å². The number of hydrogen-bond acceptors (Lipinski definition) is 8. The minimum absolute atomic E-state index is 0.115. The molecule has 1 saturated heterocycles. The number of carbonyl (C=O) groups is 1. The van der Waals surface area contributed by atoms with Crippen molar-refractivity contribution < 1.29 is 9.32 Å². The molecule has 0 radical (unpaired) electrons. The summed E-state index contributed by atoms with van der Waals surface area (Å²) in [7, 11) is 4.13. The fourth-order valence-electron chi connectivity index (χ4n) is 3.23. The van der Waals surface area contributed by atoms with Gasteiger partial charge in [0.1, 0.15) is 12.1 Å². The minimum Gasteiger partial charge on any atom is -0.364 e. The van der Waals surface area contributed by atoms with E-state index >= 15 is 0 Å². The Morgan fingerprint density at radius 3 is 2.96 bits per heavy atom. The molecule has 3 aromatic rings. The predicted octanol–water partition coefficient (Wildman–Crippen LogP) is 0.892. The van der Waals surface area contributed by atoms with Crippen LogP contribution < -0.4 is 5.32 Å². The maximum Gasteiger partial charge on any atom is 0.239 e. The van der Waals surface area contributed by atoms with Crippen LogP contribution in [0.4, 0.5) is 5.82 Å². The topological polar surface area (TPSA) is 105 Å². The van der Waals surface area contributed by atoms with Crippen molar-refractivity contribution in [2.75, 3.05) is 39.0 Å². The Hall–Kier alpha value is -3.11. The van der Waals surface area contributed by atoms with Crippen molar-refractivity contribution in [3.63, 3.8) is 0 Å². The van der Waals surface area contributed by atoms with Crippen molar-refractivity contribution in [2.24, 2.45) is 0 Å². The molecule has 1 atom stereocenters. The van der Waals surface area contributed by atoms with Crippen LogP contribution in [0, 0.1) is 0 Å². The molecule has 4 heterocycles. The lowest BCUT2D eigenvalue weighted by Gasteiger charge is -2.20. The van der Waals surface area contributed by atoms with Gasteiger partial charge in [-0.25, -0.2) is 14.6 Å². The van der Waals surface area contributed by atoms with E-state index < -0.39 is 0 Å². The summed E-state index contributed by atoms with van der Waals surface area (Å²) < 4.78 is 6.49. The molecule has 28 heavy (non-hydrogen) atoms. The van der Waals surface area contributed by atoms with Crippen molar-refractivity contribution in [2.45, 2.75) is 12.5 Å². The molecule has 10 heteroatoms. The number of nitrogens with zero attached hydrogens (tertiary/aromatic N) is 7. The Balaban J connectivity index is 1.51. The van der Waals surface area contributed by atoms with E-state index in [2.05, 4.69) is 49.4 Å². The van der Waals surface area contributed by atoms with Crippen molar-refractivity contribution >= 4 is 11.7 Å². The van der Waals surface area contributed by atoms with E-state index in [0.717, 1.165) is 19.5 Å². The highest BCUT2D eigenvalue weighted by molar-refractivity contribution is 5.91. The van der Waals surface area contributed by atoms with E-state index in [9.17, 15) is 4.79 Å². The van der Waals surface area contributed by atoms with Gasteiger partial charge in [-0.1, -0.05) is 5.16 Å². The Bertz CT molecular complexity index is 871. The first kappa shape index (κ1) is 18.3. The third kappa shape index (κ3) is 4.07. The summed E-state index contributed by atoms with van der Waals surface area (Å²) in [4.78, 5) is 25.8. The van der Waals surface area contributed by atoms with Crippen LogP contribution in [0.3, 0.4) is 0 Å². The molecule has 0 saturated carbocycles. The number of hydrogen-bond donors (Lipinski definition) is 1. The molecule has 1 aliphatic rings. The molecule has 0 aromatic carbocycles. The second-order valence-electron chi connectivity index (χ2n) is 6.96. The molecular weight excluding hydrogens is 360 g/mol. The van der Waals surface area contributed by atoms with E-state index in [1.165, 1.54) is 6.26 Å². The molecule has 1 aliphatic heterocycles. The summed E-state index contributed by atoms with van der Waals surface area (Å²) in [6.07, 6.45) is 5.94. The number of amides is 1. The minimum atomic E-state index is -0.115. The Morgan fingerprint density at radius 1 is 1.39 bits per heavy atom. The van der Waals surface area contributed by atoms with Crippen molar-refractivity contribution in [3.8, 4) is 17.3 Å². The Labute approximate surface area is 162 Å². The first-order valence-electron chi connectivity index (χ1n) is 9.07. The number of rotatable bonds is 6. The maximum atomic E-state index is 12.6. The number of nitrogens with one attached hydrogen (secondary N) is 1. The molecule has 10 nitrogen and oxygen atoms in total. The van der Waals surface area contributed by atoms with E-state index in [1.54, 1.807) is 35.3 Å². The van der Waals surface area contributed by atoms with Crippen LogP contribution >= 0.6 is 0 Å². The monoisotopic (exact) mass is 382 g/mol. The number of carbonyl (C=O) groups excluding carboxylic acids is 1. The molecule has 0 bridgehead atoms. The average molecular weight is 382 g/mol. The van der Waals surface area contributed by atoms with Gasteiger partial charge in [0.05, 0.1) is 6.54 Å². The van der Waals surface area contributed by atoms with Crippen molar-refractivity contribution in [1.29, 1.82) is 0 Å². The van der Waals surface area contributed by atoms with Gasteiger partial charge < -0.3 is 14.7 Å². The zero-order valence-corrected chi connectivity index (χ0v) is 15.8. The molecule has 0 aliphatic carbocycles. The number of aromatic nitrogens is 5. The molecule has 146 valence electrons. The van der Waals surface area contributed by atoms with E-state index in [1.807, 2.05) is 0 Å². The van der Waals surface area contributed by atoms with Gasteiger partial charge in [-0.2, -0.15) is 5.10 Å². The molecule has 3 aromatic heterocycles. The van der Waals surface area contributed by atoms with E-state index in [0.29, 0.717) is 35.7 Å². The maximum absolute atomic E-state index is 12.6. The summed E-state index contributed by atoms with van der Waals surface area (Å²) in [5.41, 5.74) is 0.484. The van der Waals surface area contributed by atoms with Gasteiger partial charge in [0.15, 0.2) is 17.3 Å². The van der Waals surface area contributed by atoms with Crippen molar-refractivity contribution in [3.05, 3.63) is 36.9 Å². The summed E-state index contributed by atoms with van der Waals surface area (Å²) in [6, 6.07) is 5.63. The molecule has 1 N–H and O–H groups in total. The second kappa shape index (κ2) is 7.87. The normalized spacial score (nSPS) is 17.3. The summed E-state index contributed by atoms with van der Waals surface area (Å²) in [5, 5.41) is 10.9. The molecule has 1 amide bonds. The van der Waals surface area contributed by atoms with Gasteiger partial charge >= 0.3 is 0 Å². The van der Waals surface area contributed by atoms with Crippen LogP contribution in [-0.2, 0) is 4.79 Å². The molecule has 1 fully saturated rings. The largest absolute Gasteiger partial charge is 0.364 e. The first-order valence-corrected chi connectivity index (χ1v) is 9.07. The SMILES string of the molecule is CN(C)C1CCN(CC(=O)Nc2cc(-n3cccn3)nc(-c3ccon3)n2)C1. The standard InChI is InChI=1S/C18H22N8O2/c1-24(2)13-4-8-25(11-13)12-17(27)20-15-10-16(26-7-3-6-19-26)22-18(21-15)14-5-9-28-23-14/h3,5-7,9-10,13H,4,8,11-12H2,1-2H3,(H,20,21,22,27). The zero-order chi connectivity index (χ0) is 19.5. The van der Waals surface area contributed by atoms with Gasteiger partial charge in [0, 0.05) is 43.7 Å². The van der Waals surface area contributed by atoms with Crippen LogP contribution in [0.2, 0.25) is 0 Å². The highest BCUT2D eigenvalue weighted by Crippen LogP contribution is 2.18. The van der Waals surface area contributed by atoms with Crippen LogP contribution in [0.15, 0.2) is 41.4 Å². The average Bonchev–Trinajstić information content (AvgIpc) is 3.43. The predicted molar refractivity (Wildman–Crippen MR) is 102 cm³/mol.